The molecule has 96 valence electrons. The van der Waals surface area contributed by atoms with Crippen LogP contribution in [0.4, 0.5) is 0 Å². The lowest BCUT2D eigenvalue weighted by Crippen LogP contribution is -2.04. The second kappa shape index (κ2) is 6.74. The first kappa shape index (κ1) is 13.3. The van der Waals surface area contributed by atoms with Gasteiger partial charge in [0.25, 0.3) is 0 Å². The van der Waals surface area contributed by atoms with Crippen LogP contribution in [0.25, 0.3) is 11.1 Å². The summed E-state index contributed by atoms with van der Waals surface area (Å²) in [5, 5.41) is 5.52. The Bertz CT molecular complexity index is 464. The highest BCUT2D eigenvalue weighted by atomic mass is 79.9. The van der Waals surface area contributed by atoms with Crippen LogP contribution in [-0.2, 0) is 6.54 Å². The molecule has 3 heteroatoms. The van der Waals surface area contributed by atoms with Gasteiger partial charge in [-0.15, -0.1) is 0 Å². The molecule has 2 aromatic rings. The van der Waals surface area contributed by atoms with E-state index < -0.39 is 0 Å². The summed E-state index contributed by atoms with van der Waals surface area (Å²) in [5.74, 6) is 0.744. The number of benzene rings is 1. The lowest BCUT2D eigenvalue weighted by atomic mass is 10.1. The van der Waals surface area contributed by atoms with Crippen molar-refractivity contribution in [3.05, 3.63) is 42.7 Å². The second-order valence-corrected chi connectivity index (χ2v) is 5.52. The highest BCUT2D eigenvalue weighted by molar-refractivity contribution is 9.09. The molecule has 1 atom stereocenters. The van der Waals surface area contributed by atoms with Gasteiger partial charge in [-0.2, -0.15) is 5.10 Å². The van der Waals surface area contributed by atoms with Gasteiger partial charge in [-0.25, -0.2) is 0 Å². The zero-order valence-corrected chi connectivity index (χ0v) is 12.3. The summed E-state index contributed by atoms with van der Waals surface area (Å²) in [5.41, 5.74) is 2.43. The molecule has 18 heavy (non-hydrogen) atoms. The molecule has 2 nitrogen and oxygen atoms in total. The summed E-state index contributed by atoms with van der Waals surface area (Å²) < 4.78 is 2.05. The van der Waals surface area contributed by atoms with Gasteiger partial charge in [0.05, 0.1) is 6.20 Å². The number of halogens is 1. The predicted molar refractivity (Wildman–Crippen MR) is 79.9 cm³/mol. The van der Waals surface area contributed by atoms with E-state index in [0.29, 0.717) is 0 Å². The van der Waals surface area contributed by atoms with Gasteiger partial charge in [0, 0.05) is 23.6 Å². The molecule has 0 amide bonds. The first-order valence-corrected chi connectivity index (χ1v) is 7.55. The van der Waals surface area contributed by atoms with E-state index in [1.807, 2.05) is 16.9 Å². The Morgan fingerprint density at radius 3 is 2.67 bits per heavy atom. The summed E-state index contributed by atoms with van der Waals surface area (Å²) in [7, 11) is 0. The largest absolute Gasteiger partial charge is 0.272 e. The highest BCUT2D eigenvalue weighted by Crippen LogP contribution is 2.18. The molecule has 0 saturated heterocycles. The van der Waals surface area contributed by atoms with E-state index in [-0.39, 0.29) is 0 Å². The van der Waals surface area contributed by atoms with Crippen molar-refractivity contribution in [2.75, 3.05) is 5.33 Å². The molecule has 0 spiro atoms. The van der Waals surface area contributed by atoms with Crippen molar-refractivity contribution in [1.82, 2.24) is 9.78 Å². The Morgan fingerprint density at radius 2 is 1.94 bits per heavy atom. The normalized spacial score (nSPS) is 12.6. The van der Waals surface area contributed by atoms with E-state index in [2.05, 4.69) is 58.4 Å². The first-order chi connectivity index (χ1) is 8.79. The smallest absolute Gasteiger partial charge is 0.0568 e. The molecule has 0 radical (unpaired) electrons. The van der Waals surface area contributed by atoms with Gasteiger partial charge >= 0.3 is 0 Å². The van der Waals surface area contributed by atoms with Crippen molar-refractivity contribution < 1.29 is 0 Å². The van der Waals surface area contributed by atoms with Gasteiger partial charge < -0.3 is 0 Å². The molecule has 1 aromatic heterocycles. The van der Waals surface area contributed by atoms with Crippen LogP contribution in [0.5, 0.6) is 0 Å². The number of alkyl halides is 1. The molecule has 0 aliphatic heterocycles. The molecule has 0 bridgehead atoms. The van der Waals surface area contributed by atoms with Gasteiger partial charge in [0.1, 0.15) is 0 Å². The lowest BCUT2D eigenvalue weighted by molar-refractivity contribution is 0.452. The maximum Gasteiger partial charge on any atom is 0.0568 e. The van der Waals surface area contributed by atoms with Crippen molar-refractivity contribution >= 4 is 15.9 Å². The lowest BCUT2D eigenvalue weighted by Gasteiger charge is -2.08. The summed E-state index contributed by atoms with van der Waals surface area (Å²) in [6.45, 7) is 3.30. The third-order valence-corrected chi connectivity index (χ3v) is 3.65. The van der Waals surface area contributed by atoms with Crippen LogP contribution in [0.1, 0.15) is 19.8 Å². The van der Waals surface area contributed by atoms with Gasteiger partial charge in [0.15, 0.2) is 0 Å². The Morgan fingerprint density at radius 1 is 1.17 bits per heavy atom. The molecule has 0 saturated carbocycles. The van der Waals surface area contributed by atoms with Crippen LogP contribution in [0.3, 0.4) is 0 Å². The summed E-state index contributed by atoms with van der Waals surface area (Å²) in [6, 6.07) is 10.4. The topological polar surface area (TPSA) is 17.8 Å². The van der Waals surface area contributed by atoms with Crippen LogP contribution in [-0.4, -0.2) is 15.1 Å². The number of hydrogen-bond donors (Lipinski definition) is 0. The van der Waals surface area contributed by atoms with E-state index in [1.54, 1.807) is 0 Å². The molecule has 1 aromatic carbocycles. The molecular formula is C15H19BrN2. The van der Waals surface area contributed by atoms with Crippen molar-refractivity contribution in [2.24, 2.45) is 5.92 Å². The minimum absolute atomic E-state index is 0.744. The Balaban J connectivity index is 1.95. The average Bonchev–Trinajstić information content (AvgIpc) is 2.87. The fourth-order valence-corrected chi connectivity index (χ4v) is 2.73. The van der Waals surface area contributed by atoms with E-state index in [4.69, 9.17) is 0 Å². The minimum Gasteiger partial charge on any atom is -0.272 e. The van der Waals surface area contributed by atoms with E-state index in [0.717, 1.165) is 17.8 Å². The third-order valence-electron chi connectivity index (χ3n) is 3.19. The van der Waals surface area contributed by atoms with Gasteiger partial charge in [-0.05, 0) is 24.3 Å². The van der Waals surface area contributed by atoms with Crippen molar-refractivity contribution in [3.8, 4) is 11.1 Å². The molecule has 0 fully saturated rings. The fraction of sp³-hybridized carbons (Fsp3) is 0.400. The SMILES string of the molecule is CC(CCBr)CCn1cc(-c2ccccc2)cn1. The molecule has 1 unspecified atom stereocenters. The molecule has 0 aliphatic rings. The standard InChI is InChI=1S/C15H19BrN2/c1-13(7-9-16)8-10-18-12-15(11-17-18)14-5-3-2-4-6-14/h2-6,11-13H,7-10H2,1H3. The summed E-state index contributed by atoms with van der Waals surface area (Å²) in [4.78, 5) is 0. The minimum atomic E-state index is 0.744. The van der Waals surface area contributed by atoms with Crippen LogP contribution >= 0.6 is 15.9 Å². The number of aromatic nitrogens is 2. The summed E-state index contributed by atoms with van der Waals surface area (Å²) in [6.07, 6.45) is 6.50. The number of aryl methyl sites for hydroxylation is 1. The van der Waals surface area contributed by atoms with E-state index in [9.17, 15) is 0 Å². The monoisotopic (exact) mass is 306 g/mol. The number of hydrogen-bond acceptors (Lipinski definition) is 1. The maximum atomic E-state index is 4.43. The molecule has 1 heterocycles. The predicted octanol–water partition coefficient (Wildman–Crippen LogP) is 4.36. The molecule has 2 rings (SSSR count). The highest BCUT2D eigenvalue weighted by Gasteiger charge is 2.04. The molecule has 0 N–H and O–H groups in total. The van der Waals surface area contributed by atoms with Crippen LogP contribution < -0.4 is 0 Å². The van der Waals surface area contributed by atoms with Crippen molar-refractivity contribution in [2.45, 2.75) is 26.3 Å². The average molecular weight is 307 g/mol. The van der Waals surface area contributed by atoms with Gasteiger partial charge in [-0.3, -0.25) is 4.68 Å². The third kappa shape index (κ3) is 3.70. The Kier molecular flexibility index (Phi) is 5.00. The Labute approximate surface area is 117 Å². The quantitative estimate of drug-likeness (QED) is 0.725. The molecule has 0 aliphatic carbocycles. The van der Waals surface area contributed by atoms with Crippen LogP contribution in [0, 0.1) is 5.92 Å². The zero-order chi connectivity index (χ0) is 12.8. The number of rotatable bonds is 6. The second-order valence-electron chi connectivity index (χ2n) is 4.73. The van der Waals surface area contributed by atoms with E-state index >= 15 is 0 Å². The van der Waals surface area contributed by atoms with Crippen LogP contribution in [0.2, 0.25) is 0 Å². The summed E-state index contributed by atoms with van der Waals surface area (Å²) >= 11 is 3.49. The van der Waals surface area contributed by atoms with Gasteiger partial charge in [-0.1, -0.05) is 53.2 Å². The van der Waals surface area contributed by atoms with Crippen molar-refractivity contribution in [3.63, 3.8) is 0 Å². The maximum absolute atomic E-state index is 4.43. The van der Waals surface area contributed by atoms with Gasteiger partial charge in [0.2, 0.25) is 0 Å². The van der Waals surface area contributed by atoms with E-state index in [1.165, 1.54) is 24.0 Å². The number of nitrogens with zero attached hydrogens (tertiary/aromatic N) is 2. The zero-order valence-electron chi connectivity index (χ0n) is 10.7. The van der Waals surface area contributed by atoms with Crippen molar-refractivity contribution in [1.29, 1.82) is 0 Å². The Hall–Kier alpha value is -1.09. The van der Waals surface area contributed by atoms with Crippen LogP contribution in [0.15, 0.2) is 42.7 Å². The molecular weight excluding hydrogens is 288 g/mol. The first-order valence-electron chi connectivity index (χ1n) is 6.43. The fourth-order valence-electron chi connectivity index (χ4n) is 1.95.